The van der Waals surface area contributed by atoms with Gasteiger partial charge in [0.1, 0.15) is 12.4 Å². The molecule has 0 bridgehead atoms. The molecule has 8 heteroatoms. The third-order valence-corrected chi connectivity index (χ3v) is 5.33. The summed E-state index contributed by atoms with van der Waals surface area (Å²) in [6, 6.07) is 13.7. The number of aromatic nitrogens is 3. The van der Waals surface area contributed by atoms with Gasteiger partial charge in [0.2, 0.25) is 0 Å². The van der Waals surface area contributed by atoms with E-state index in [1.54, 1.807) is 19.2 Å². The van der Waals surface area contributed by atoms with Gasteiger partial charge in [-0.2, -0.15) is 0 Å². The van der Waals surface area contributed by atoms with Crippen molar-refractivity contribution in [2.75, 3.05) is 13.7 Å². The predicted molar refractivity (Wildman–Crippen MR) is 115 cm³/mol. The Morgan fingerprint density at radius 1 is 1.17 bits per heavy atom. The van der Waals surface area contributed by atoms with E-state index < -0.39 is 0 Å². The average molecular weight is 429 g/mol. The first-order valence-electron chi connectivity index (χ1n) is 9.67. The van der Waals surface area contributed by atoms with Crippen molar-refractivity contribution >= 4 is 17.7 Å². The number of halogens is 1. The Kier molecular flexibility index (Phi) is 7.59. The summed E-state index contributed by atoms with van der Waals surface area (Å²) in [6.07, 6.45) is 0. The van der Waals surface area contributed by atoms with E-state index in [1.165, 1.54) is 23.9 Å². The van der Waals surface area contributed by atoms with Crippen molar-refractivity contribution in [3.8, 4) is 5.69 Å². The number of hydrogen-bond donors (Lipinski definition) is 1. The number of methoxy groups -OCH3 is 1. The third kappa shape index (κ3) is 5.46. The summed E-state index contributed by atoms with van der Waals surface area (Å²) in [5, 5.41) is 12.1. The van der Waals surface area contributed by atoms with Crippen molar-refractivity contribution in [3.05, 3.63) is 71.3 Å². The van der Waals surface area contributed by atoms with Crippen LogP contribution in [0.1, 0.15) is 35.6 Å². The van der Waals surface area contributed by atoms with Gasteiger partial charge in [-0.3, -0.25) is 9.36 Å². The van der Waals surface area contributed by atoms with E-state index in [4.69, 9.17) is 4.74 Å². The standard InChI is InChI=1S/C22H25FN4O2S/c1-15(2)12-24-21(28)19-7-5-4-6-16(19)14-30-22-26-25-20(13-29-3)27(22)18-10-8-17(23)9-11-18/h4-11,15H,12-14H2,1-3H3,(H,24,28). The lowest BCUT2D eigenvalue weighted by Gasteiger charge is -2.12. The molecule has 0 spiro atoms. The zero-order valence-corrected chi connectivity index (χ0v) is 18.1. The van der Waals surface area contributed by atoms with Crippen molar-refractivity contribution in [1.29, 1.82) is 0 Å². The van der Waals surface area contributed by atoms with Crippen LogP contribution in [0, 0.1) is 11.7 Å². The highest BCUT2D eigenvalue weighted by Crippen LogP contribution is 2.27. The number of nitrogens with zero attached hydrogens (tertiary/aromatic N) is 3. The highest BCUT2D eigenvalue weighted by molar-refractivity contribution is 7.98. The Morgan fingerprint density at radius 2 is 1.90 bits per heavy atom. The summed E-state index contributed by atoms with van der Waals surface area (Å²) >= 11 is 1.46. The monoisotopic (exact) mass is 428 g/mol. The number of ether oxygens (including phenoxy) is 1. The molecule has 2 aromatic carbocycles. The fraction of sp³-hybridized carbons (Fsp3) is 0.318. The predicted octanol–water partition coefficient (Wildman–Crippen LogP) is 4.23. The molecule has 1 N–H and O–H groups in total. The highest BCUT2D eigenvalue weighted by Gasteiger charge is 2.17. The molecular weight excluding hydrogens is 403 g/mol. The Bertz CT molecular complexity index is 989. The van der Waals surface area contributed by atoms with Crippen LogP contribution in [0.4, 0.5) is 4.39 Å². The summed E-state index contributed by atoms with van der Waals surface area (Å²) < 4.78 is 20.4. The SMILES string of the molecule is COCc1nnc(SCc2ccccc2C(=O)NCC(C)C)n1-c1ccc(F)cc1. The van der Waals surface area contributed by atoms with Gasteiger partial charge in [0, 0.05) is 30.7 Å². The molecule has 3 aromatic rings. The summed E-state index contributed by atoms with van der Waals surface area (Å²) in [7, 11) is 1.59. The Balaban J connectivity index is 1.83. The number of benzene rings is 2. The summed E-state index contributed by atoms with van der Waals surface area (Å²) in [5.41, 5.74) is 2.31. The number of thioether (sulfide) groups is 1. The van der Waals surface area contributed by atoms with Gasteiger partial charge in [0.15, 0.2) is 11.0 Å². The lowest BCUT2D eigenvalue weighted by molar-refractivity contribution is 0.0948. The van der Waals surface area contributed by atoms with Crippen LogP contribution in [0.15, 0.2) is 53.7 Å². The van der Waals surface area contributed by atoms with Gasteiger partial charge < -0.3 is 10.1 Å². The van der Waals surface area contributed by atoms with Gasteiger partial charge in [-0.1, -0.05) is 43.8 Å². The minimum atomic E-state index is -0.310. The lowest BCUT2D eigenvalue weighted by Crippen LogP contribution is -2.28. The van der Waals surface area contributed by atoms with Crippen LogP contribution in [0.3, 0.4) is 0 Å². The van der Waals surface area contributed by atoms with Crippen molar-refractivity contribution in [3.63, 3.8) is 0 Å². The smallest absolute Gasteiger partial charge is 0.251 e. The summed E-state index contributed by atoms with van der Waals surface area (Å²) in [6.45, 7) is 5.02. The molecule has 0 unspecified atom stereocenters. The molecule has 0 fully saturated rings. The molecule has 0 radical (unpaired) electrons. The van der Waals surface area contributed by atoms with Crippen LogP contribution < -0.4 is 5.32 Å². The van der Waals surface area contributed by atoms with Gasteiger partial charge in [0.05, 0.1) is 0 Å². The lowest BCUT2D eigenvalue weighted by atomic mass is 10.1. The van der Waals surface area contributed by atoms with E-state index in [1.807, 2.05) is 28.8 Å². The molecule has 1 aromatic heterocycles. The first kappa shape index (κ1) is 22.0. The second kappa shape index (κ2) is 10.4. The van der Waals surface area contributed by atoms with Crippen LogP contribution in [0.5, 0.6) is 0 Å². The summed E-state index contributed by atoms with van der Waals surface area (Å²) in [5.74, 6) is 1.14. The molecule has 6 nitrogen and oxygen atoms in total. The average Bonchev–Trinajstić information content (AvgIpc) is 3.14. The topological polar surface area (TPSA) is 69.0 Å². The molecule has 0 saturated heterocycles. The van der Waals surface area contributed by atoms with Crippen molar-refractivity contribution in [1.82, 2.24) is 20.1 Å². The molecule has 1 heterocycles. The van der Waals surface area contributed by atoms with Crippen molar-refractivity contribution in [2.24, 2.45) is 5.92 Å². The molecule has 3 rings (SSSR count). The van der Waals surface area contributed by atoms with Gasteiger partial charge in [-0.25, -0.2) is 4.39 Å². The summed E-state index contributed by atoms with van der Waals surface area (Å²) in [4.78, 5) is 12.6. The van der Waals surface area contributed by atoms with Crippen LogP contribution in [0.2, 0.25) is 0 Å². The van der Waals surface area contributed by atoms with Crippen molar-refractivity contribution in [2.45, 2.75) is 31.4 Å². The number of amides is 1. The number of hydrogen-bond acceptors (Lipinski definition) is 5. The van der Waals surface area contributed by atoms with Crippen LogP contribution in [-0.4, -0.2) is 34.3 Å². The maximum atomic E-state index is 13.4. The van der Waals surface area contributed by atoms with Crippen LogP contribution >= 0.6 is 11.8 Å². The highest BCUT2D eigenvalue weighted by atomic mass is 32.2. The van der Waals surface area contributed by atoms with Gasteiger partial charge in [-0.15, -0.1) is 10.2 Å². The van der Waals surface area contributed by atoms with Gasteiger partial charge in [0.25, 0.3) is 5.91 Å². The molecule has 158 valence electrons. The number of carbonyl (C=O) groups excluding carboxylic acids is 1. The van der Waals surface area contributed by atoms with Crippen LogP contribution in [0.25, 0.3) is 5.69 Å². The molecule has 1 amide bonds. The first-order valence-corrected chi connectivity index (χ1v) is 10.7. The Hall–Kier alpha value is -2.71. The molecular formula is C22H25FN4O2S. The van der Waals surface area contributed by atoms with Crippen molar-refractivity contribution < 1.29 is 13.9 Å². The molecule has 30 heavy (non-hydrogen) atoms. The zero-order valence-electron chi connectivity index (χ0n) is 17.3. The molecule has 0 saturated carbocycles. The molecule has 0 atom stereocenters. The minimum Gasteiger partial charge on any atom is -0.377 e. The normalized spacial score (nSPS) is 11.1. The second-order valence-electron chi connectivity index (χ2n) is 7.19. The third-order valence-electron chi connectivity index (χ3n) is 4.35. The number of nitrogens with one attached hydrogen (secondary N) is 1. The van der Waals surface area contributed by atoms with E-state index in [-0.39, 0.29) is 18.3 Å². The molecule has 0 aliphatic carbocycles. The molecule has 0 aliphatic heterocycles. The quantitative estimate of drug-likeness (QED) is 0.517. The van der Waals surface area contributed by atoms with E-state index in [0.29, 0.717) is 34.8 Å². The van der Waals surface area contributed by atoms with Gasteiger partial charge >= 0.3 is 0 Å². The Labute approximate surface area is 179 Å². The van der Waals surface area contributed by atoms with E-state index in [9.17, 15) is 9.18 Å². The fourth-order valence-electron chi connectivity index (χ4n) is 2.87. The minimum absolute atomic E-state index is 0.0834. The molecule has 0 aliphatic rings. The number of carbonyl (C=O) groups is 1. The second-order valence-corrected chi connectivity index (χ2v) is 8.14. The van der Waals surface area contributed by atoms with E-state index in [0.717, 1.165) is 11.3 Å². The largest absolute Gasteiger partial charge is 0.377 e. The maximum Gasteiger partial charge on any atom is 0.251 e. The van der Waals surface area contributed by atoms with E-state index in [2.05, 4.69) is 29.4 Å². The number of rotatable bonds is 9. The van der Waals surface area contributed by atoms with E-state index >= 15 is 0 Å². The maximum absolute atomic E-state index is 13.4. The van der Waals surface area contributed by atoms with Gasteiger partial charge in [-0.05, 0) is 41.8 Å². The first-order chi connectivity index (χ1) is 14.5. The van der Waals surface area contributed by atoms with Crippen LogP contribution in [-0.2, 0) is 17.1 Å². The zero-order chi connectivity index (χ0) is 21.5. The fourth-order valence-corrected chi connectivity index (χ4v) is 3.84. The Morgan fingerprint density at radius 3 is 2.60 bits per heavy atom.